The van der Waals surface area contributed by atoms with Gasteiger partial charge in [-0.15, -0.1) is 0 Å². The molecular formula is C17H26ClNO. The number of halogens is 1. The molecule has 1 rings (SSSR count). The average Bonchev–Trinajstić information content (AvgIpc) is 2.37. The molecule has 0 bridgehead atoms. The van der Waals surface area contributed by atoms with Gasteiger partial charge in [-0.05, 0) is 54.6 Å². The molecule has 0 saturated carbocycles. The quantitative estimate of drug-likeness (QED) is 0.554. The van der Waals surface area contributed by atoms with E-state index in [4.69, 9.17) is 16.3 Å². The molecule has 112 valence electrons. The monoisotopic (exact) mass is 295 g/mol. The van der Waals surface area contributed by atoms with Crippen molar-refractivity contribution in [1.29, 1.82) is 0 Å². The van der Waals surface area contributed by atoms with E-state index in [2.05, 4.69) is 38.7 Å². The molecule has 0 aliphatic heterocycles. The number of aryl methyl sites for hydroxylation is 1. The second-order valence-electron chi connectivity index (χ2n) is 5.51. The molecule has 0 radical (unpaired) electrons. The highest BCUT2D eigenvalue weighted by molar-refractivity contribution is 6.31. The summed E-state index contributed by atoms with van der Waals surface area (Å²) in [5.41, 5.74) is 3.25. The smallest absolute Gasteiger partial charge is 0.123 e. The summed E-state index contributed by atoms with van der Waals surface area (Å²) in [4.78, 5) is 0. The van der Waals surface area contributed by atoms with Crippen molar-refractivity contribution in [3.63, 3.8) is 0 Å². The van der Waals surface area contributed by atoms with Crippen molar-refractivity contribution in [2.75, 3.05) is 19.7 Å². The highest BCUT2D eigenvalue weighted by atomic mass is 35.5. The summed E-state index contributed by atoms with van der Waals surface area (Å²) in [5.74, 6) is 1.29. The molecule has 0 saturated heterocycles. The van der Waals surface area contributed by atoms with E-state index in [9.17, 15) is 0 Å². The molecule has 0 unspecified atom stereocenters. The van der Waals surface area contributed by atoms with Crippen molar-refractivity contribution in [2.45, 2.75) is 40.0 Å². The second kappa shape index (κ2) is 8.33. The Labute approximate surface area is 128 Å². The lowest BCUT2D eigenvalue weighted by Crippen LogP contribution is -2.20. The van der Waals surface area contributed by atoms with Gasteiger partial charge < -0.3 is 10.1 Å². The van der Waals surface area contributed by atoms with Gasteiger partial charge in [0.2, 0.25) is 0 Å². The summed E-state index contributed by atoms with van der Waals surface area (Å²) in [6.07, 6.45) is 1.13. The Kier molecular flexibility index (Phi) is 7.11. The number of ether oxygens (including phenoxy) is 1. The molecular weight excluding hydrogens is 270 g/mol. The van der Waals surface area contributed by atoms with E-state index in [0.29, 0.717) is 12.5 Å². The first kappa shape index (κ1) is 17.1. The Morgan fingerprint density at radius 2 is 2.10 bits per heavy atom. The Morgan fingerprint density at radius 1 is 1.40 bits per heavy atom. The van der Waals surface area contributed by atoms with E-state index < -0.39 is 0 Å². The summed E-state index contributed by atoms with van der Waals surface area (Å²) in [6.45, 7) is 14.8. The molecule has 1 N–H and O–H groups in total. The van der Waals surface area contributed by atoms with Crippen LogP contribution in [0.4, 0.5) is 0 Å². The van der Waals surface area contributed by atoms with Gasteiger partial charge in [0.1, 0.15) is 12.4 Å². The van der Waals surface area contributed by atoms with E-state index >= 15 is 0 Å². The SMILES string of the molecule is C=C(CNCCC)COc1cc(C(C)C)c(Cl)cc1C. The van der Waals surface area contributed by atoms with Crippen LogP contribution in [0.3, 0.4) is 0 Å². The lowest BCUT2D eigenvalue weighted by Gasteiger charge is -2.15. The number of nitrogens with one attached hydrogen (secondary N) is 1. The summed E-state index contributed by atoms with van der Waals surface area (Å²) in [6, 6.07) is 4.03. The second-order valence-corrected chi connectivity index (χ2v) is 5.92. The van der Waals surface area contributed by atoms with Gasteiger partial charge in [-0.3, -0.25) is 0 Å². The molecule has 0 aliphatic rings. The van der Waals surface area contributed by atoms with Crippen LogP contribution in [0.1, 0.15) is 44.2 Å². The van der Waals surface area contributed by atoms with Crippen LogP contribution in [0.2, 0.25) is 5.02 Å². The average molecular weight is 296 g/mol. The van der Waals surface area contributed by atoms with Crippen LogP contribution in [0.5, 0.6) is 5.75 Å². The van der Waals surface area contributed by atoms with E-state index in [0.717, 1.165) is 47.0 Å². The maximum Gasteiger partial charge on any atom is 0.123 e. The van der Waals surface area contributed by atoms with Gasteiger partial charge >= 0.3 is 0 Å². The molecule has 1 aromatic carbocycles. The van der Waals surface area contributed by atoms with Gasteiger partial charge in [0.05, 0.1) is 0 Å². The number of benzene rings is 1. The van der Waals surface area contributed by atoms with Crippen molar-refractivity contribution < 1.29 is 4.74 Å². The fourth-order valence-electron chi connectivity index (χ4n) is 1.94. The first-order valence-electron chi connectivity index (χ1n) is 7.25. The summed E-state index contributed by atoms with van der Waals surface area (Å²) in [7, 11) is 0. The summed E-state index contributed by atoms with van der Waals surface area (Å²) >= 11 is 6.26. The summed E-state index contributed by atoms with van der Waals surface area (Å²) in [5, 5.41) is 4.14. The van der Waals surface area contributed by atoms with Crippen LogP contribution < -0.4 is 10.1 Å². The molecule has 3 heteroatoms. The minimum absolute atomic E-state index is 0.389. The topological polar surface area (TPSA) is 21.3 Å². The molecule has 2 nitrogen and oxygen atoms in total. The van der Waals surface area contributed by atoms with Crippen molar-refractivity contribution in [2.24, 2.45) is 0 Å². The number of hydrogen-bond acceptors (Lipinski definition) is 2. The van der Waals surface area contributed by atoms with Crippen LogP contribution in [0, 0.1) is 6.92 Å². The first-order valence-corrected chi connectivity index (χ1v) is 7.63. The molecule has 0 spiro atoms. The standard InChI is InChI=1S/C17H26ClNO/c1-6-7-19-10-13(4)11-20-17-9-15(12(2)3)16(18)8-14(17)5/h8-9,12,19H,4,6-7,10-11H2,1-3,5H3. The molecule has 0 amide bonds. The van der Waals surface area contributed by atoms with E-state index in [1.165, 1.54) is 0 Å². The van der Waals surface area contributed by atoms with Crippen molar-refractivity contribution in [1.82, 2.24) is 5.32 Å². The van der Waals surface area contributed by atoms with Gasteiger partial charge in [-0.2, -0.15) is 0 Å². The third-order valence-electron chi connectivity index (χ3n) is 3.15. The first-order chi connectivity index (χ1) is 9.45. The van der Waals surface area contributed by atoms with Gasteiger partial charge in [0, 0.05) is 11.6 Å². The molecule has 1 aromatic rings. The molecule has 0 heterocycles. The minimum atomic E-state index is 0.389. The zero-order chi connectivity index (χ0) is 15.1. The van der Waals surface area contributed by atoms with Gasteiger partial charge in [0.25, 0.3) is 0 Å². The molecule has 0 atom stereocenters. The molecule has 0 aliphatic carbocycles. The maximum absolute atomic E-state index is 6.26. The van der Waals surface area contributed by atoms with Crippen LogP contribution >= 0.6 is 11.6 Å². The maximum atomic E-state index is 6.26. The highest BCUT2D eigenvalue weighted by Gasteiger charge is 2.10. The predicted molar refractivity (Wildman–Crippen MR) is 88.1 cm³/mol. The Balaban J connectivity index is 2.63. The zero-order valence-corrected chi connectivity index (χ0v) is 13.8. The lowest BCUT2D eigenvalue weighted by molar-refractivity contribution is 0.345. The van der Waals surface area contributed by atoms with Gasteiger partial charge in [0.15, 0.2) is 0 Å². The van der Waals surface area contributed by atoms with Crippen molar-refractivity contribution in [3.05, 3.63) is 40.4 Å². The van der Waals surface area contributed by atoms with Gasteiger partial charge in [-0.1, -0.05) is 39.0 Å². The van der Waals surface area contributed by atoms with E-state index in [1.54, 1.807) is 0 Å². The fourth-order valence-corrected chi connectivity index (χ4v) is 2.38. The summed E-state index contributed by atoms with van der Waals surface area (Å²) < 4.78 is 5.88. The minimum Gasteiger partial charge on any atom is -0.489 e. The van der Waals surface area contributed by atoms with Crippen molar-refractivity contribution in [3.8, 4) is 5.75 Å². The fraction of sp³-hybridized carbons (Fsp3) is 0.529. The molecule has 20 heavy (non-hydrogen) atoms. The van der Waals surface area contributed by atoms with Crippen molar-refractivity contribution >= 4 is 11.6 Å². The van der Waals surface area contributed by atoms with Crippen LogP contribution in [-0.2, 0) is 0 Å². The largest absolute Gasteiger partial charge is 0.489 e. The van der Waals surface area contributed by atoms with Gasteiger partial charge in [-0.25, -0.2) is 0 Å². The highest BCUT2D eigenvalue weighted by Crippen LogP contribution is 2.31. The zero-order valence-electron chi connectivity index (χ0n) is 13.1. The number of hydrogen-bond donors (Lipinski definition) is 1. The Bertz CT molecular complexity index is 455. The van der Waals surface area contributed by atoms with Crippen LogP contribution in [-0.4, -0.2) is 19.7 Å². The predicted octanol–water partition coefficient (Wildman–Crippen LogP) is 4.71. The van der Waals surface area contributed by atoms with Crippen LogP contribution in [0.25, 0.3) is 0 Å². The van der Waals surface area contributed by atoms with E-state index in [1.807, 2.05) is 13.0 Å². The number of rotatable bonds is 8. The lowest BCUT2D eigenvalue weighted by atomic mass is 10.0. The molecule has 0 aromatic heterocycles. The third kappa shape index (κ3) is 5.18. The molecule has 0 fully saturated rings. The third-order valence-corrected chi connectivity index (χ3v) is 3.48. The Hall–Kier alpha value is -0.990. The normalized spacial score (nSPS) is 10.9. The Morgan fingerprint density at radius 3 is 2.70 bits per heavy atom. The van der Waals surface area contributed by atoms with Crippen LogP contribution in [0.15, 0.2) is 24.3 Å². The van der Waals surface area contributed by atoms with E-state index in [-0.39, 0.29) is 0 Å².